The molecule has 0 aliphatic carbocycles. The molecule has 24 heavy (non-hydrogen) atoms. The predicted octanol–water partition coefficient (Wildman–Crippen LogP) is 5.14. The first-order chi connectivity index (χ1) is 11.4. The number of unbranched alkanes of at least 4 members (excludes halogenated alkanes) is 5. The van der Waals surface area contributed by atoms with Crippen molar-refractivity contribution in [3.63, 3.8) is 0 Å². The number of nitrogens with one attached hydrogen (secondary N) is 1. The van der Waals surface area contributed by atoms with Crippen LogP contribution in [-0.2, 0) is 6.54 Å². The van der Waals surface area contributed by atoms with Gasteiger partial charge in [0.25, 0.3) is 0 Å². The van der Waals surface area contributed by atoms with Gasteiger partial charge in [0.05, 0.1) is 0 Å². The molecule has 0 atom stereocenters. The van der Waals surface area contributed by atoms with Gasteiger partial charge in [-0.15, -0.1) is 12.4 Å². The Hall–Kier alpha value is -1.65. The van der Waals surface area contributed by atoms with Crippen LogP contribution in [0.4, 0.5) is 0 Å². The van der Waals surface area contributed by atoms with Crippen molar-refractivity contribution >= 4 is 12.4 Å². The molecular formula is C19H28ClN3O. The number of hydrogen-bond donors (Lipinski definition) is 1. The summed E-state index contributed by atoms with van der Waals surface area (Å²) in [4.78, 5) is 8.14. The molecular weight excluding hydrogens is 322 g/mol. The smallest absolute Gasteiger partial charge is 0.321 e. The van der Waals surface area contributed by atoms with Crippen molar-refractivity contribution in [2.45, 2.75) is 52.0 Å². The maximum atomic E-state index is 5.65. The Morgan fingerprint density at radius 3 is 2.50 bits per heavy atom. The van der Waals surface area contributed by atoms with Crippen LogP contribution in [-0.4, -0.2) is 16.5 Å². The molecule has 2 rings (SSSR count). The van der Waals surface area contributed by atoms with E-state index >= 15 is 0 Å². The Balaban J connectivity index is 0.00000288. The van der Waals surface area contributed by atoms with Gasteiger partial charge in [-0.1, -0.05) is 51.2 Å². The van der Waals surface area contributed by atoms with E-state index in [1.54, 1.807) is 18.5 Å². The van der Waals surface area contributed by atoms with Gasteiger partial charge in [-0.05, 0) is 36.7 Å². The lowest BCUT2D eigenvalue weighted by molar-refractivity contribution is 0.441. The first-order valence-electron chi connectivity index (χ1n) is 8.63. The van der Waals surface area contributed by atoms with E-state index in [2.05, 4.69) is 28.3 Å². The Bertz CT molecular complexity index is 551. The van der Waals surface area contributed by atoms with Crippen LogP contribution in [0.25, 0.3) is 0 Å². The average Bonchev–Trinajstić information content (AvgIpc) is 2.58. The normalized spacial score (nSPS) is 10.2. The van der Waals surface area contributed by atoms with Gasteiger partial charge in [-0.25, -0.2) is 9.97 Å². The molecule has 0 aliphatic heterocycles. The van der Waals surface area contributed by atoms with E-state index in [-0.39, 0.29) is 12.4 Å². The number of aromatic nitrogens is 2. The van der Waals surface area contributed by atoms with Gasteiger partial charge >= 0.3 is 6.01 Å². The Kier molecular flexibility index (Phi) is 10.8. The highest BCUT2D eigenvalue weighted by Gasteiger charge is 2.00. The number of nitrogens with zero attached hydrogens (tertiary/aromatic N) is 2. The molecule has 0 spiro atoms. The van der Waals surface area contributed by atoms with Crippen LogP contribution in [0.1, 0.15) is 51.0 Å². The molecule has 132 valence electrons. The number of benzene rings is 1. The first kappa shape index (κ1) is 20.4. The number of halogens is 1. The summed E-state index contributed by atoms with van der Waals surface area (Å²) in [7, 11) is 0. The lowest BCUT2D eigenvalue weighted by atomic mass is 10.1. The molecule has 1 heterocycles. The van der Waals surface area contributed by atoms with Crippen LogP contribution < -0.4 is 10.1 Å². The van der Waals surface area contributed by atoms with E-state index in [0.717, 1.165) is 18.8 Å². The third kappa shape index (κ3) is 8.27. The molecule has 1 N–H and O–H groups in total. The van der Waals surface area contributed by atoms with E-state index < -0.39 is 0 Å². The van der Waals surface area contributed by atoms with Gasteiger partial charge < -0.3 is 10.1 Å². The molecule has 0 fully saturated rings. The summed E-state index contributed by atoms with van der Waals surface area (Å²) in [5.74, 6) is 0.773. The number of rotatable bonds is 11. The van der Waals surface area contributed by atoms with Gasteiger partial charge in [-0.2, -0.15) is 0 Å². The minimum atomic E-state index is 0. The van der Waals surface area contributed by atoms with E-state index in [9.17, 15) is 0 Å². The second-order valence-electron chi connectivity index (χ2n) is 5.73. The van der Waals surface area contributed by atoms with Crippen molar-refractivity contribution in [1.29, 1.82) is 0 Å². The molecule has 1 aromatic heterocycles. The summed E-state index contributed by atoms with van der Waals surface area (Å²) in [5.41, 5.74) is 1.21. The van der Waals surface area contributed by atoms with Crippen LogP contribution in [0.3, 0.4) is 0 Å². The third-order valence-electron chi connectivity index (χ3n) is 3.69. The lowest BCUT2D eigenvalue weighted by Crippen LogP contribution is -2.14. The van der Waals surface area contributed by atoms with Crippen molar-refractivity contribution in [2.24, 2.45) is 0 Å². The molecule has 0 amide bonds. The molecule has 4 nitrogen and oxygen atoms in total. The van der Waals surface area contributed by atoms with Gasteiger partial charge in [0.15, 0.2) is 0 Å². The minimum absolute atomic E-state index is 0. The Labute approximate surface area is 151 Å². The highest BCUT2D eigenvalue weighted by molar-refractivity contribution is 5.85. The fraction of sp³-hybridized carbons (Fsp3) is 0.474. The van der Waals surface area contributed by atoms with Gasteiger partial charge in [0.1, 0.15) is 5.75 Å². The van der Waals surface area contributed by atoms with Gasteiger partial charge in [0.2, 0.25) is 0 Å². The molecule has 0 saturated carbocycles. The first-order valence-corrected chi connectivity index (χ1v) is 8.63. The summed E-state index contributed by atoms with van der Waals surface area (Å²) in [5, 5.41) is 3.50. The largest absolute Gasteiger partial charge is 0.424 e. The zero-order chi connectivity index (χ0) is 16.2. The zero-order valence-electron chi connectivity index (χ0n) is 14.4. The third-order valence-corrected chi connectivity index (χ3v) is 3.69. The second-order valence-corrected chi connectivity index (χ2v) is 5.73. The summed E-state index contributed by atoms with van der Waals surface area (Å²) >= 11 is 0. The van der Waals surface area contributed by atoms with Crippen molar-refractivity contribution < 1.29 is 4.74 Å². The van der Waals surface area contributed by atoms with Crippen molar-refractivity contribution in [1.82, 2.24) is 15.3 Å². The quantitative estimate of drug-likeness (QED) is 0.570. The lowest BCUT2D eigenvalue weighted by Gasteiger charge is -2.07. The summed E-state index contributed by atoms with van der Waals surface area (Å²) in [6, 6.07) is 10.2. The van der Waals surface area contributed by atoms with Crippen LogP contribution in [0, 0.1) is 0 Å². The molecule has 0 radical (unpaired) electrons. The number of hydrogen-bond acceptors (Lipinski definition) is 4. The number of ether oxygens (including phenoxy) is 1. The SMILES string of the molecule is CCCCCCCCNCc1cccc(Oc2ncccn2)c1.Cl. The monoisotopic (exact) mass is 349 g/mol. The molecule has 1 aromatic carbocycles. The Morgan fingerprint density at radius 2 is 1.71 bits per heavy atom. The van der Waals surface area contributed by atoms with E-state index in [4.69, 9.17) is 4.74 Å². The highest BCUT2D eigenvalue weighted by Crippen LogP contribution is 2.18. The fourth-order valence-electron chi connectivity index (χ4n) is 2.43. The van der Waals surface area contributed by atoms with Crippen molar-refractivity contribution in [3.05, 3.63) is 48.3 Å². The summed E-state index contributed by atoms with van der Waals surface area (Å²) in [6.07, 6.45) is 11.3. The van der Waals surface area contributed by atoms with Crippen LogP contribution >= 0.6 is 12.4 Å². The second kappa shape index (κ2) is 12.7. The Morgan fingerprint density at radius 1 is 0.958 bits per heavy atom. The molecule has 0 bridgehead atoms. The van der Waals surface area contributed by atoms with Crippen molar-refractivity contribution in [3.8, 4) is 11.8 Å². The van der Waals surface area contributed by atoms with E-state index in [0.29, 0.717) is 6.01 Å². The predicted molar refractivity (Wildman–Crippen MR) is 101 cm³/mol. The molecule has 0 saturated heterocycles. The average molecular weight is 350 g/mol. The van der Waals surface area contributed by atoms with E-state index in [1.165, 1.54) is 44.1 Å². The fourth-order valence-corrected chi connectivity index (χ4v) is 2.43. The zero-order valence-corrected chi connectivity index (χ0v) is 15.2. The summed E-state index contributed by atoms with van der Waals surface area (Å²) < 4.78 is 5.65. The van der Waals surface area contributed by atoms with Gasteiger partial charge in [-0.3, -0.25) is 0 Å². The molecule has 0 unspecified atom stereocenters. The topological polar surface area (TPSA) is 47.0 Å². The minimum Gasteiger partial charge on any atom is -0.424 e. The standard InChI is InChI=1S/C19H27N3O.ClH/c1-2-3-4-5-6-7-12-20-16-17-10-8-11-18(15-17)23-19-21-13-9-14-22-19;/h8-11,13-15,20H,2-7,12,16H2,1H3;1H. The maximum Gasteiger partial charge on any atom is 0.321 e. The van der Waals surface area contributed by atoms with Crippen LogP contribution in [0.15, 0.2) is 42.7 Å². The highest BCUT2D eigenvalue weighted by atomic mass is 35.5. The van der Waals surface area contributed by atoms with Crippen LogP contribution in [0.2, 0.25) is 0 Å². The molecule has 2 aromatic rings. The van der Waals surface area contributed by atoms with Gasteiger partial charge in [0, 0.05) is 18.9 Å². The maximum absolute atomic E-state index is 5.65. The van der Waals surface area contributed by atoms with Crippen LogP contribution in [0.5, 0.6) is 11.8 Å². The molecule has 0 aliphatic rings. The summed E-state index contributed by atoms with van der Waals surface area (Å²) in [6.45, 7) is 4.18. The van der Waals surface area contributed by atoms with E-state index in [1.807, 2.05) is 18.2 Å². The molecule has 5 heteroatoms. The van der Waals surface area contributed by atoms with Crippen molar-refractivity contribution in [2.75, 3.05) is 6.54 Å².